The van der Waals surface area contributed by atoms with Gasteiger partial charge in [0.1, 0.15) is 6.61 Å². The molecule has 6 nitrogen and oxygen atoms in total. The number of hydrogen-bond donors (Lipinski definition) is 2. The second-order valence-electron chi connectivity index (χ2n) is 7.21. The predicted octanol–water partition coefficient (Wildman–Crippen LogP) is 2.92. The number of carbonyl (C=O) groups is 3. The van der Waals surface area contributed by atoms with Gasteiger partial charge in [-0.15, -0.1) is 0 Å². The van der Waals surface area contributed by atoms with Gasteiger partial charge < -0.3 is 15.4 Å². The molecule has 0 spiro atoms. The molecule has 0 aliphatic rings. The Kier molecular flexibility index (Phi) is 8.99. The molecule has 6 heteroatoms. The third-order valence-corrected chi connectivity index (χ3v) is 4.02. The third-order valence-electron chi connectivity index (χ3n) is 4.02. The van der Waals surface area contributed by atoms with Crippen molar-refractivity contribution in [1.29, 1.82) is 0 Å². The Morgan fingerprint density at radius 1 is 1.08 bits per heavy atom. The lowest BCUT2D eigenvalue weighted by atomic mass is 9.92. The first-order valence-corrected chi connectivity index (χ1v) is 8.98. The van der Waals surface area contributed by atoms with Crippen LogP contribution in [0.2, 0.25) is 0 Å². The summed E-state index contributed by atoms with van der Waals surface area (Å²) in [5.74, 6) is -0.392. The summed E-state index contributed by atoms with van der Waals surface area (Å²) in [6, 6.07) is 6.99. The van der Waals surface area contributed by atoms with Gasteiger partial charge in [-0.1, -0.05) is 46.8 Å². The number of benzene rings is 1. The lowest BCUT2D eigenvalue weighted by molar-refractivity contribution is -0.129. The van der Waals surface area contributed by atoms with Crippen LogP contribution in [0.15, 0.2) is 24.3 Å². The molecule has 0 aromatic heterocycles. The van der Waals surface area contributed by atoms with E-state index in [0.717, 1.165) is 5.56 Å². The first-order valence-electron chi connectivity index (χ1n) is 8.98. The van der Waals surface area contributed by atoms with Crippen LogP contribution in [0.1, 0.15) is 46.6 Å². The average molecular weight is 362 g/mol. The van der Waals surface area contributed by atoms with Crippen molar-refractivity contribution in [3.8, 4) is 0 Å². The topological polar surface area (TPSA) is 84.5 Å². The Morgan fingerprint density at radius 2 is 1.69 bits per heavy atom. The van der Waals surface area contributed by atoms with Crippen LogP contribution in [-0.4, -0.2) is 30.2 Å². The normalized spacial score (nSPS) is 13.3. The zero-order valence-electron chi connectivity index (χ0n) is 16.2. The number of ketones is 1. The number of Topliss-reactive ketones (excluding diaryl/α,β-unsaturated/α-hetero) is 1. The van der Waals surface area contributed by atoms with Crippen molar-refractivity contribution in [2.75, 3.05) is 5.32 Å². The molecule has 0 aliphatic carbocycles. The van der Waals surface area contributed by atoms with Crippen molar-refractivity contribution in [2.45, 2.75) is 59.7 Å². The molecule has 0 saturated heterocycles. The molecule has 2 N–H and O–H groups in total. The number of anilines is 1. The highest BCUT2D eigenvalue weighted by molar-refractivity contribution is 5.96. The summed E-state index contributed by atoms with van der Waals surface area (Å²) in [6.07, 6.45) is 0.194. The zero-order valence-corrected chi connectivity index (χ0v) is 16.2. The van der Waals surface area contributed by atoms with Crippen molar-refractivity contribution >= 4 is 23.9 Å². The molecule has 1 rings (SSSR count). The SMILES string of the molecule is CC(C)N[C@H](C(=O)C[C@@H](C)C(=O)Nc1ccc(COC=O)cc1)C(C)C. The van der Waals surface area contributed by atoms with E-state index >= 15 is 0 Å². The van der Waals surface area contributed by atoms with E-state index < -0.39 is 5.92 Å². The summed E-state index contributed by atoms with van der Waals surface area (Å²) >= 11 is 0. The van der Waals surface area contributed by atoms with Crippen molar-refractivity contribution in [1.82, 2.24) is 5.32 Å². The number of nitrogens with one attached hydrogen (secondary N) is 2. The molecule has 0 bridgehead atoms. The van der Waals surface area contributed by atoms with E-state index in [1.54, 1.807) is 31.2 Å². The molecule has 1 amide bonds. The van der Waals surface area contributed by atoms with Crippen LogP contribution >= 0.6 is 0 Å². The van der Waals surface area contributed by atoms with E-state index in [1.807, 2.05) is 27.7 Å². The van der Waals surface area contributed by atoms with E-state index in [4.69, 9.17) is 0 Å². The molecule has 0 unspecified atom stereocenters. The van der Waals surface area contributed by atoms with Crippen LogP contribution in [0.4, 0.5) is 5.69 Å². The third kappa shape index (κ3) is 7.35. The van der Waals surface area contributed by atoms with Gasteiger partial charge >= 0.3 is 0 Å². The first kappa shape index (κ1) is 21.8. The maximum Gasteiger partial charge on any atom is 0.293 e. The summed E-state index contributed by atoms with van der Waals surface area (Å²) in [6.45, 7) is 10.4. The molecular formula is C20H30N2O4. The van der Waals surface area contributed by atoms with E-state index in [-0.39, 0.29) is 42.7 Å². The van der Waals surface area contributed by atoms with Gasteiger partial charge in [0.15, 0.2) is 5.78 Å². The fourth-order valence-corrected chi connectivity index (χ4v) is 2.62. The Balaban J connectivity index is 2.60. The molecule has 144 valence electrons. The zero-order chi connectivity index (χ0) is 19.7. The second kappa shape index (κ2) is 10.7. The minimum atomic E-state index is -0.421. The molecule has 2 atom stereocenters. The molecule has 0 saturated carbocycles. The van der Waals surface area contributed by atoms with Crippen LogP contribution < -0.4 is 10.6 Å². The molecule has 0 aliphatic heterocycles. The lowest BCUT2D eigenvalue weighted by Gasteiger charge is -2.24. The molecule has 0 heterocycles. The molecule has 0 fully saturated rings. The van der Waals surface area contributed by atoms with E-state index in [1.165, 1.54) is 0 Å². The van der Waals surface area contributed by atoms with Gasteiger partial charge in [0.2, 0.25) is 5.91 Å². The first-order chi connectivity index (χ1) is 12.2. The molecular weight excluding hydrogens is 332 g/mol. The maximum absolute atomic E-state index is 12.5. The molecule has 1 aromatic carbocycles. The number of carbonyl (C=O) groups excluding carboxylic acids is 3. The summed E-state index contributed by atoms with van der Waals surface area (Å²) in [5.41, 5.74) is 1.47. The number of rotatable bonds is 11. The highest BCUT2D eigenvalue weighted by Crippen LogP contribution is 2.15. The average Bonchev–Trinajstić information content (AvgIpc) is 2.58. The number of amides is 1. The number of hydrogen-bond acceptors (Lipinski definition) is 5. The Hall–Kier alpha value is -2.21. The van der Waals surface area contributed by atoms with Crippen LogP contribution in [0.25, 0.3) is 0 Å². The fourth-order valence-electron chi connectivity index (χ4n) is 2.62. The van der Waals surface area contributed by atoms with Crippen LogP contribution in [0, 0.1) is 11.8 Å². The quantitative estimate of drug-likeness (QED) is 0.591. The smallest absolute Gasteiger partial charge is 0.293 e. The van der Waals surface area contributed by atoms with Gasteiger partial charge in [-0.05, 0) is 23.6 Å². The van der Waals surface area contributed by atoms with E-state index in [2.05, 4.69) is 15.4 Å². The van der Waals surface area contributed by atoms with Crippen molar-refractivity contribution < 1.29 is 19.1 Å². The minimum absolute atomic E-state index is 0.0534. The Bertz CT molecular complexity index is 596. The Labute approximate surface area is 155 Å². The van der Waals surface area contributed by atoms with Crippen LogP contribution in [-0.2, 0) is 25.7 Å². The van der Waals surface area contributed by atoms with Gasteiger partial charge in [-0.3, -0.25) is 14.4 Å². The molecule has 1 aromatic rings. The summed E-state index contributed by atoms with van der Waals surface area (Å²) in [7, 11) is 0. The summed E-state index contributed by atoms with van der Waals surface area (Å²) < 4.78 is 4.68. The van der Waals surface area contributed by atoms with Gasteiger partial charge in [0.05, 0.1) is 6.04 Å². The van der Waals surface area contributed by atoms with Crippen molar-refractivity contribution in [2.24, 2.45) is 11.8 Å². The summed E-state index contributed by atoms with van der Waals surface area (Å²) in [4.78, 5) is 35.1. The van der Waals surface area contributed by atoms with Gasteiger partial charge in [-0.2, -0.15) is 0 Å². The highest BCUT2D eigenvalue weighted by Gasteiger charge is 2.26. The fraction of sp³-hybridized carbons (Fsp3) is 0.550. The predicted molar refractivity (Wildman–Crippen MR) is 102 cm³/mol. The van der Waals surface area contributed by atoms with Crippen molar-refractivity contribution in [3.63, 3.8) is 0 Å². The Morgan fingerprint density at radius 3 is 2.19 bits per heavy atom. The number of ether oxygens (including phenoxy) is 1. The summed E-state index contributed by atoms with van der Waals surface area (Å²) in [5, 5.41) is 6.10. The van der Waals surface area contributed by atoms with Gasteiger partial charge in [0, 0.05) is 24.1 Å². The second-order valence-corrected chi connectivity index (χ2v) is 7.21. The maximum atomic E-state index is 12.5. The van der Waals surface area contributed by atoms with Crippen LogP contribution in [0.3, 0.4) is 0 Å². The monoisotopic (exact) mass is 362 g/mol. The van der Waals surface area contributed by atoms with E-state index in [9.17, 15) is 14.4 Å². The van der Waals surface area contributed by atoms with Gasteiger partial charge in [-0.25, -0.2) is 0 Å². The van der Waals surface area contributed by atoms with Crippen LogP contribution in [0.5, 0.6) is 0 Å². The largest absolute Gasteiger partial charge is 0.463 e. The van der Waals surface area contributed by atoms with E-state index in [0.29, 0.717) is 12.2 Å². The lowest BCUT2D eigenvalue weighted by Crippen LogP contribution is -2.45. The molecule has 26 heavy (non-hydrogen) atoms. The van der Waals surface area contributed by atoms with Gasteiger partial charge in [0.25, 0.3) is 6.47 Å². The highest BCUT2D eigenvalue weighted by atomic mass is 16.5. The standard InChI is InChI=1S/C20H30N2O4/c1-13(2)19(21-14(3)4)18(24)10-15(5)20(25)22-17-8-6-16(7-9-17)11-26-12-23/h6-9,12-15,19,21H,10-11H2,1-5H3,(H,22,25)/t15-,19+/m1/s1. The van der Waals surface area contributed by atoms with Crippen molar-refractivity contribution in [3.05, 3.63) is 29.8 Å². The minimum Gasteiger partial charge on any atom is -0.463 e. The molecule has 0 radical (unpaired) electrons.